The molecular weight excluding hydrogens is 528 g/mol. The third-order valence-corrected chi connectivity index (χ3v) is 7.96. The first-order valence-corrected chi connectivity index (χ1v) is 14.5. The first kappa shape index (κ1) is 26.1. The van der Waals surface area contributed by atoms with Gasteiger partial charge < -0.3 is 24.2 Å². The van der Waals surface area contributed by atoms with Crippen LogP contribution in [0.4, 0.5) is 5.82 Å². The Morgan fingerprint density at radius 1 is 1.18 bits per heavy atom. The predicted molar refractivity (Wildman–Crippen MR) is 144 cm³/mol. The molecule has 11 nitrogen and oxygen atoms in total. The molecule has 5 rings (SSSR count). The van der Waals surface area contributed by atoms with Gasteiger partial charge in [0.2, 0.25) is 15.1 Å². The molecule has 1 aliphatic heterocycles. The number of sulfonamides is 1. The van der Waals surface area contributed by atoms with Crippen LogP contribution in [-0.2, 0) is 26.0 Å². The van der Waals surface area contributed by atoms with Gasteiger partial charge in [0.15, 0.2) is 22.1 Å². The summed E-state index contributed by atoms with van der Waals surface area (Å²) in [5.41, 5.74) is 8.53. The number of ether oxygens (including phenoxy) is 2. The van der Waals surface area contributed by atoms with Crippen molar-refractivity contribution in [2.45, 2.75) is 38.8 Å². The number of aryl methyl sites for hydroxylation is 2. The summed E-state index contributed by atoms with van der Waals surface area (Å²) in [5.74, 6) is 1.76. The molecule has 200 valence electrons. The van der Waals surface area contributed by atoms with Gasteiger partial charge in [-0.25, -0.2) is 28.1 Å². The molecule has 0 amide bonds. The monoisotopic (exact) mass is 556 g/mol. The van der Waals surface area contributed by atoms with Crippen LogP contribution < -0.4 is 10.5 Å². The summed E-state index contributed by atoms with van der Waals surface area (Å²) in [4.78, 5) is 12.9. The van der Waals surface area contributed by atoms with Gasteiger partial charge >= 0.3 is 0 Å². The summed E-state index contributed by atoms with van der Waals surface area (Å²) in [6.07, 6.45) is 2.15. The van der Waals surface area contributed by atoms with E-state index < -0.39 is 16.3 Å². The lowest BCUT2D eigenvalue weighted by Crippen LogP contribution is -2.31. The third kappa shape index (κ3) is 5.64. The average molecular weight is 557 g/mol. The first-order chi connectivity index (χ1) is 18.2. The van der Waals surface area contributed by atoms with Gasteiger partial charge in [-0.15, -0.1) is 0 Å². The maximum atomic E-state index is 12.6. The quantitative estimate of drug-likeness (QED) is 0.291. The smallest absolute Gasteiger partial charge is 0.268 e. The van der Waals surface area contributed by atoms with Gasteiger partial charge in [-0.05, 0) is 36.7 Å². The van der Waals surface area contributed by atoms with Crippen molar-refractivity contribution in [2.75, 3.05) is 18.0 Å². The van der Waals surface area contributed by atoms with Crippen LogP contribution >= 0.6 is 11.8 Å². The van der Waals surface area contributed by atoms with Gasteiger partial charge in [-0.2, -0.15) is 0 Å². The van der Waals surface area contributed by atoms with Gasteiger partial charge in [-0.3, -0.25) is 0 Å². The number of thioether (sulfide) groups is 1. The number of nitrogens with zero attached hydrogens (tertiary/aromatic N) is 4. The fraction of sp³-hybridized carbons (Fsp3) is 0.320. The molecule has 0 saturated carbocycles. The molecule has 0 spiro atoms. The Balaban J connectivity index is 1.37. The number of rotatable bonds is 10. The molecule has 0 radical (unpaired) electrons. The highest BCUT2D eigenvalue weighted by molar-refractivity contribution is 8.02. The fourth-order valence-corrected chi connectivity index (χ4v) is 5.85. The molecule has 1 aromatic carbocycles. The Bertz CT molecular complexity index is 1590. The minimum Gasteiger partial charge on any atom is -0.461 e. The van der Waals surface area contributed by atoms with Crippen molar-refractivity contribution in [2.24, 2.45) is 5.92 Å². The second-order valence-corrected chi connectivity index (χ2v) is 12.1. The summed E-state index contributed by atoms with van der Waals surface area (Å²) in [7, 11) is -3.51. The molecule has 38 heavy (non-hydrogen) atoms. The highest BCUT2D eigenvalue weighted by atomic mass is 32.2. The fourth-order valence-electron chi connectivity index (χ4n) is 3.85. The molecule has 0 aliphatic carbocycles. The Morgan fingerprint density at radius 3 is 2.76 bits per heavy atom. The molecular formula is C25H28N6O5S2. The number of fused-ring (bicyclic) bond motifs is 1. The van der Waals surface area contributed by atoms with Crippen LogP contribution in [0.5, 0.6) is 0 Å². The predicted octanol–water partition coefficient (Wildman–Crippen LogP) is 4.19. The van der Waals surface area contributed by atoms with Crippen molar-refractivity contribution in [3.8, 4) is 11.3 Å². The maximum Gasteiger partial charge on any atom is 0.268 e. The van der Waals surface area contributed by atoms with E-state index in [1.165, 1.54) is 24.4 Å². The van der Waals surface area contributed by atoms with Crippen molar-refractivity contribution in [1.82, 2.24) is 24.2 Å². The van der Waals surface area contributed by atoms with E-state index in [4.69, 9.17) is 19.6 Å². The molecule has 1 aliphatic rings. The van der Waals surface area contributed by atoms with Crippen LogP contribution in [0.2, 0.25) is 0 Å². The number of nitrogens with two attached hydrogens (primary N) is 1. The lowest BCUT2D eigenvalue weighted by Gasteiger charge is -2.15. The molecule has 0 fully saturated rings. The summed E-state index contributed by atoms with van der Waals surface area (Å²) in [5, 5.41) is 0.904. The number of nitrogen functional groups attached to an aromatic ring is 1. The average Bonchev–Trinajstić information content (AvgIpc) is 3.61. The third-order valence-electron chi connectivity index (χ3n) is 5.74. The SMILES string of the molecule is Cc1ccc(-c2ccccc2C2OC=C(Sc3nc4c(N)ncnc4n3CCS(=O)(=O)NCC(C)C)O2)o1. The van der Waals surface area contributed by atoms with Crippen LogP contribution in [0.3, 0.4) is 0 Å². The summed E-state index contributed by atoms with van der Waals surface area (Å²) in [6, 6.07) is 11.5. The number of hydrogen-bond acceptors (Lipinski definition) is 10. The molecule has 0 saturated heterocycles. The standard InChI is InChI=1S/C25H28N6O5S2/c1-15(2)12-29-38(32,33)11-10-31-23-21(22(26)27-14-28-23)30-25(31)37-20-13-34-24(36-20)18-7-5-4-6-17(18)19-9-8-16(3)35-19/h4-9,13-15,24,29H,10-12H2,1-3H3,(H2,26,27,28). The number of benzene rings is 1. The summed E-state index contributed by atoms with van der Waals surface area (Å²) in [6.45, 7) is 6.25. The Hall–Kier alpha value is -3.55. The Morgan fingerprint density at radius 2 is 2.00 bits per heavy atom. The molecule has 0 bridgehead atoms. The summed E-state index contributed by atoms with van der Waals surface area (Å²) < 4.78 is 47.2. The Labute approximate surface area is 224 Å². The van der Waals surface area contributed by atoms with Gasteiger partial charge in [0.25, 0.3) is 6.29 Å². The molecule has 13 heteroatoms. The number of furan rings is 1. The van der Waals surface area contributed by atoms with Crippen LogP contribution in [0.25, 0.3) is 22.5 Å². The maximum absolute atomic E-state index is 12.6. The van der Waals surface area contributed by atoms with E-state index in [0.29, 0.717) is 28.0 Å². The van der Waals surface area contributed by atoms with E-state index in [9.17, 15) is 8.42 Å². The molecule has 1 unspecified atom stereocenters. The molecule has 1 atom stereocenters. The molecule has 3 N–H and O–H groups in total. The number of nitrogens with one attached hydrogen (secondary N) is 1. The number of hydrogen-bond donors (Lipinski definition) is 2. The Kier molecular flexibility index (Phi) is 7.32. The van der Waals surface area contributed by atoms with Gasteiger partial charge in [0, 0.05) is 24.2 Å². The topological polar surface area (TPSA) is 147 Å². The normalized spacial score (nSPS) is 15.6. The van der Waals surface area contributed by atoms with Crippen LogP contribution in [0, 0.1) is 12.8 Å². The minimum atomic E-state index is -3.51. The zero-order chi connectivity index (χ0) is 26.9. The van der Waals surface area contributed by atoms with Crippen LogP contribution in [0.15, 0.2) is 63.7 Å². The first-order valence-electron chi connectivity index (χ1n) is 12.0. The minimum absolute atomic E-state index is 0.112. The van der Waals surface area contributed by atoms with E-state index in [0.717, 1.165) is 22.6 Å². The lowest BCUT2D eigenvalue weighted by atomic mass is 10.1. The number of imidazole rings is 1. The van der Waals surface area contributed by atoms with Crippen molar-refractivity contribution in [3.63, 3.8) is 0 Å². The van der Waals surface area contributed by atoms with Crippen LogP contribution in [-0.4, -0.2) is 40.2 Å². The molecule has 4 aromatic rings. The van der Waals surface area contributed by atoms with Gasteiger partial charge in [-0.1, -0.05) is 38.1 Å². The van der Waals surface area contributed by atoms with Crippen molar-refractivity contribution < 1.29 is 22.3 Å². The molecule has 4 heterocycles. The van der Waals surface area contributed by atoms with E-state index in [1.807, 2.05) is 57.2 Å². The highest BCUT2D eigenvalue weighted by Crippen LogP contribution is 2.41. The molecule has 3 aromatic heterocycles. The second-order valence-electron chi connectivity index (χ2n) is 9.16. The zero-order valence-electron chi connectivity index (χ0n) is 21.1. The summed E-state index contributed by atoms with van der Waals surface area (Å²) >= 11 is 1.19. The largest absolute Gasteiger partial charge is 0.461 e. The van der Waals surface area contributed by atoms with Gasteiger partial charge in [0.1, 0.15) is 24.1 Å². The number of anilines is 1. The van der Waals surface area contributed by atoms with E-state index in [2.05, 4.69) is 19.7 Å². The van der Waals surface area contributed by atoms with Crippen molar-refractivity contribution >= 4 is 38.8 Å². The highest BCUT2D eigenvalue weighted by Gasteiger charge is 2.28. The second kappa shape index (κ2) is 10.7. The van der Waals surface area contributed by atoms with Gasteiger partial charge in [0.05, 0.1) is 5.75 Å². The van der Waals surface area contributed by atoms with E-state index >= 15 is 0 Å². The van der Waals surface area contributed by atoms with Crippen molar-refractivity contribution in [3.05, 3.63) is 65.4 Å². The lowest BCUT2D eigenvalue weighted by molar-refractivity contribution is -0.0269. The number of aromatic nitrogens is 4. The zero-order valence-corrected chi connectivity index (χ0v) is 22.8. The van der Waals surface area contributed by atoms with Crippen LogP contribution in [0.1, 0.15) is 31.5 Å². The van der Waals surface area contributed by atoms with E-state index in [1.54, 1.807) is 4.57 Å². The van der Waals surface area contributed by atoms with E-state index in [-0.39, 0.29) is 24.0 Å². The van der Waals surface area contributed by atoms with Crippen molar-refractivity contribution in [1.29, 1.82) is 0 Å².